The van der Waals surface area contributed by atoms with Gasteiger partial charge in [-0.05, 0) is 60.8 Å². The van der Waals surface area contributed by atoms with Gasteiger partial charge in [0.2, 0.25) is 5.91 Å². The molecule has 0 aromatic heterocycles. The van der Waals surface area contributed by atoms with E-state index in [2.05, 4.69) is 57.2 Å². The molecule has 1 amide bonds. The third-order valence-electron chi connectivity index (χ3n) is 8.47. The number of carbonyl (C=O) groups excluding carboxylic acids is 1. The topological polar surface area (TPSA) is 57.7 Å². The molecule has 3 heterocycles. The number of nitrogens with zero attached hydrogens (tertiary/aromatic N) is 4. The lowest BCUT2D eigenvalue weighted by Crippen LogP contribution is -2.38. The maximum absolute atomic E-state index is 12.8. The van der Waals surface area contributed by atoms with E-state index in [4.69, 9.17) is 14.2 Å². The van der Waals surface area contributed by atoms with Crippen LogP contribution in [0.15, 0.2) is 42.5 Å². The summed E-state index contributed by atoms with van der Waals surface area (Å²) in [7, 11) is 0. The van der Waals surface area contributed by atoms with Crippen molar-refractivity contribution in [3.05, 3.63) is 53.6 Å². The zero-order chi connectivity index (χ0) is 28.3. The van der Waals surface area contributed by atoms with E-state index in [1.807, 2.05) is 4.90 Å². The summed E-state index contributed by atoms with van der Waals surface area (Å²) < 4.78 is 17.1. The highest BCUT2D eigenvalue weighted by atomic mass is 16.5. The molecule has 0 bridgehead atoms. The Hall–Kier alpha value is -2.65. The largest absolute Gasteiger partial charge is 0.492 e. The molecule has 2 saturated heterocycles. The average molecular weight is 565 g/mol. The first-order chi connectivity index (χ1) is 20.2. The van der Waals surface area contributed by atoms with Crippen molar-refractivity contribution >= 4 is 17.3 Å². The Morgan fingerprint density at radius 3 is 2.20 bits per heavy atom. The fourth-order valence-corrected chi connectivity index (χ4v) is 6.08. The number of ether oxygens (including phenoxy) is 3. The van der Waals surface area contributed by atoms with Crippen LogP contribution in [0.1, 0.15) is 50.2 Å². The minimum atomic E-state index is 0.123. The van der Waals surface area contributed by atoms with Gasteiger partial charge in [0.25, 0.3) is 0 Å². The van der Waals surface area contributed by atoms with Crippen LogP contribution < -0.4 is 14.5 Å². The summed E-state index contributed by atoms with van der Waals surface area (Å²) in [4.78, 5) is 22.1. The molecule has 0 unspecified atom stereocenters. The third kappa shape index (κ3) is 8.92. The van der Waals surface area contributed by atoms with Gasteiger partial charge < -0.3 is 24.0 Å². The lowest BCUT2D eigenvalue weighted by Gasteiger charge is -2.32. The number of carbonyl (C=O) groups is 1. The van der Waals surface area contributed by atoms with Gasteiger partial charge in [0.1, 0.15) is 12.4 Å². The summed E-state index contributed by atoms with van der Waals surface area (Å²) in [5.74, 6) is 1.05. The molecule has 2 aromatic rings. The van der Waals surface area contributed by atoms with Crippen molar-refractivity contribution in [1.29, 1.82) is 0 Å². The lowest BCUT2D eigenvalue weighted by atomic mass is 10.0. The standard InChI is InChI=1S/C33H48N4O4/c1-28(38)37-14-6-4-2-3-5-13-35(27-30-25-31(9-12-33(30)37)36-18-22-40-23-19-36)26-29-7-10-32(11-8-29)41-24-17-34-15-20-39-21-16-34/h7-12,25H,2-6,13-24,26-27H2,1H3. The van der Waals surface area contributed by atoms with Crippen molar-refractivity contribution < 1.29 is 19.0 Å². The van der Waals surface area contributed by atoms with Crippen LogP contribution in [0.3, 0.4) is 0 Å². The molecule has 3 aliphatic heterocycles. The molecule has 0 radical (unpaired) electrons. The van der Waals surface area contributed by atoms with Crippen LogP contribution in [0.2, 0.25) is 0 Å². The van der Waals surface area contributed by atoms with Crippen LogP contribution >= 0.6 is 0 Å². The Morgan fingerprint density at radius 2 is 1.46 bits per heavy atom. The fraction of sp³-hybridized carbons (Fsp3) is 0.606. The smallest absolute Gasteiger partial charge is 0.223 e. The summed E-state index contributed by atoms with van der Waals surface area (Å²) in [5.41, 5.74) is 4.80. The van der Waals surface area contributed by atoms with Crippen LogP contribution in [-0.2, 0) is 27.4 Å². The number of amides is 1. The van der Waals surface area contributed by atoms with Crippen LogP contribution in [0.25, 0.3) is 0 Å². The Labute approximate surface area is 246 Å². The Morgan fingerprint density at radius 1 is 0.780 bits per heavy atom. The number of hydrogen-bond acceptors (Lipinski definition) is 7. The third-order valence-corrected chi connectivity index (χ3v) is 8.47. The molecule has 5 rings (SSSR count). The van der Waals surface area contributed by atoms with Gasteiger partial charge in [0, 0.05) is 70.7 Å². The molecule has 41 heavy (non-hydrogen) atoms. The molecular weight excluding hydrogens is 516 g/mol. The molecule has 3 aliphatic rings. The van der Waals surface area contributed by atoms with Crippen molar-refractivity contribution in [3.8, 4) is 5.75 Å². The van der Waals surface area contributed by atoms with Gasteiger partial charge in [-0.2, -0.15) is 0 Å². The highest BCUT2D eigenvalue weighted by Gasteiger charge is 2.21. The minimum Gasteiger partial charge on any atom is -0.492 e. The molecule has 2 fully saturated rings. The van der Waals surface area contributed by atoms with Gasteiger partial charge >= 0.3 is 0 Å². The molecule has 0 atom stereocenters. The number of morpholine rings is 2. The number of rotatable bonds is 7. The highest BCUT2D eigenvalue weighted by Crippen LogP contribution is 2.30. The first kappa shape index (κ1) is 29.8. The SMILES string of the molecule is CC(=O)N1CCCCCCCN(Cc2ccc(OCCN3CCOCC3)cc2)Cc2cc(N3CCOCC3)ccc21. The summed E-state index contributed by atoms with van der Waals surface area (Å²) in [6, 6.07) is 15.3. The van der Waals surface area contributed by atoms with Crippen LogP contribution in [-0.4, -0.2) is 94.6 Å². The van der Waals surface area contributed by atoms with Gasteiger partial charge in [-0.3, -0.25) is 14.6 Å². The van der Waals surface area contributed by atoms with Crippen molar-refractivity contribution in [1.82, 2.24) is 9.80 Å². The number of hydrogen-bond donors (Lipinski definition) is 0. The van der Waals surface area contributed by atoms with E-state index in [1.54, 1.807) is 6.92 Å². The quantitative estimate of drug-likeness (QED) is 0.489. The monoisotopic (exact) mass is 564 g/mol. The van der Waals surface area contributed by atoms with E-state index < -0.39 is 0 Å². The molecule has 8 heteroatoms. The van der Waals surface area contributed by atoms with Crippen molar-refractivity contribution in [2.75, 3.05) is 88.6 Å². The summed E-state index contributed by atoms with van der Waals surface area (Å²) in [6.45, 7) is 13.8. The molecule has 224 valence electrons. The van der Waals surface area contributed by atoms with E-state index in [0.29, 0.717) is 6.61 Å². The summed E-state index contributed by atoms with van der Waals surface area (Å²) >= 11 is 0. The van der Waals surface area contributed by atoms with Gasteiger partial charge in [0.15, 0.2) is 0 Å². The Kier molecular flexibility index (Phi) is 11.3. The van der Waals surface area contributed by atoms with Gasteiger partial charge in [0.05, 0.1) is 26.4 Å². The average Bonchev–Trinajstić information content (AvgIpc) is 3.00. The summed E-state index contributed by atoms with van der Waals surface area (Å²) in [6.07, 6.45) is 5.86. The molecule has 0 N–H and O–H groups in total. The van der Waals surface area contributed by atoms with Crippen LogP contribution in [0.5, 0.6) is 5.75 Å². The van der Waals surface area contributed by atoms with Crippen LogP contribution in [0, 0.1) is 0 Å². The summed E-state index contributed by atoms with van der Waals surface area (Å²) in [5, 5.41) is 0. The predicted octanol–water partition coefficient (Wildman–Crippen LogP) is 4.55. The number of anilines is 2. The van der Waals surface area contributed by atoms with Crippen molar-refractivity contribution in [2.45, 2.75) is 52.1 Å². The molecular formula is C33H48N4O4. The molecule has 0 saturated carbocycles. The normalized spacial score (nSPS) is 20.1. The molecule has 2 aromatic carbocycles. The van der Waals surface area contributed by atoms with E-state index in [-0.39, 0.29) is 5.91 Å². The highest BCUT2D eigenvalue weighted by molar-refractivity contribution is 5.92. The number of fused-ring (bicyclic) bond motifs is 1. The van der Waals surface area contributed by atoms with Gasteiger partial charge in [-0.1, -0.05) is 31.4 Å². The predicted molar refractivity (Wildman–Crippen MR) is 164 cm³/mol. The first-order valence-electron chi connectivity index (χ1n) is 15.6. The van der Waals surface area contributed by atoms with E-state index >= 15 is 0 Å². The lowest BCUT2D eigenvalue weighted by molar-refractivity contribution is -0.116. The van der Waals surface area contributed by atoms with E-state index in [1.165, 1.54) is 36.1 Å². The maximum Gasteiger partial charge on any atom is 0.223 e. The molecule has 0 aliphatic carbocycles. The fourth-order valence-electron chi connectivity index (χ4n) is 6.08. The second-order valence-electron chi connectivity index (χ2n) is 11.5. The van der Waals surface area contributed by atoms with Gasteiger partial charge in [-0.15, -0.1) is 0 Å². The zero-order valence-electron chi connectivity index (χ0n) is 24.9. The minimum absolute atomic E-state index is 0.123. The Balaban J connectivity index is 1.29. The van der Waals surface area contributed by atoms with Crippen molar-refractivity contribution in [2.24, 2.45) is 0 Å². The van der Waals surface area contributed by atoms with E-state index in [9.17, 15) is 4.79 Å². The molecule has 8 nitrogen and oxygen atoms in total. The number of benzene rings is 2. The van der Waals surface area contributed by atoms with Crippen molar-refractivity contribution in [3.63, 3.8) is 0 Å². The first-order valence-corrected chi connectivity index (χ1v) is 15.6. The van der Waals surface area contributed by atoms with Gasteiger partial charge in [-0.25, -0.2) is 0 Å². The maximum atomic E-state index is 12.8. The Bertz CT molecular complexity index is 1080. The van der Waals surface area contributed by atoms with E-state index in [0.717, 1.165) is 110 Å². The van der Waals surface area contributed by atoms with Crippen LogP contribution in [0.4, 0.5) is 11.4 Å². The zero-order valence-corrected chi connectivity index (χ0v) is 24.9. The second-order valence-corrected chi connectivity index (χ2v) is 11.5. The second kappa shape index (κ2) is 15.5. The molecule has 0 spiro atoms.